The van der Waals surface area contributed by atoms with Crippen molar-refractivity contribution in [1.29, 1.82) is 0 Å². The van der Waals surface area contributed by atoms with Gasteiger partial charge in [0.15, 0.2) is 0 Å². The molecule has 18 heavy (non-hydrogen) atoms. The second-order valence-electron chi connectivity index (χ2n) is 3.69. The Kier molecular flexibility index (Phi) is 3.94. The fraction of sp³-hybridized carbons (Fsp3) is 0.0769. The predicted octanol–water partition coefficient (Wildman–Crippen LogP) is 3.51. The Morgan fingerprint density at radius 1 is 1.22 bits per heavy atom. The molecule has 0 saturated carbocycles. The average Bonchev–Trinajstić information content (AvgIpc) is 2.40. The van der Waals surface area contributed by atoms with Crippen molar-refractivity contribution in [2.45, 2.75) is 0 Å². The molecule has 0 spiro atoms. The van der Waals surface area contributed by atoms with E-state index in [1.54, 1.807) is 19.3 Å². The zero-order valence-electron chi connectivity index (χ0n) is 9.80. The van der Waals surface area contributed by atoms with Crippen molar-refractivity contribution in [3.63, 3.8) is 0 Å². The van der Waals surface area contributed by atoms with Crippen LogP contribution in [0, 0.1) is 0 Å². The molecule has 4 nitrogen and oxygen atoms in total. The summed E-state index contributed by atoms with van der Waals surface area (Å²) in [6.07, 6.45) is 1.65. The fourth-order valence-corrected chi connectivity index (χ4v) is 1.63. The van der Waals surface area contributed by atoms with E-state index in [9.17, 15) is 4.79 Å². The molecule has 2 amide bonds. The molecule has 0 fully saturated rings. The molecule has 92 valence electrons. The SMILES string of the molecule is CN(C(=O)Nc1ccccc1)c1ccc(Br)cn1. The highest BCUT2D eigenvalue weighted by molar-refractivity contribution is 9.10. The van der Waals surface area contributed by atoms with Crippen LogP contribution < -0.4 is 10.2 Å². The summed E-state index contributed by atoms with van der Waals surface area (Å²) in [7, 11) is 1.68. The highest BCUT2D eigenvalue weighted by Gasteiger charge is 2.11. The van der Waals surface area contributed by atoms with Crippen molar-refractivity contribution >= 4 is 33.5 Å². The Hall–Kier alpha value is -1.88. The van der Waals surface area contributed by atoms with Gasteiger partial charge >= 0.3 is 6.03 Å². The van der Waals surface area contributed by atoms with Gasteiger partial charge in [0.25, 0.3) is 0 Å². The maximum atomic E-state index is 12.0. The van der Waals surface area contributed by atoms with Crippen LogP contribution in [0.4, 0.5) is 16.3 Å². The summed E-state index contributed by atoms with van der Waals surface area (Å²) in [6.45, 7) is 0. The van der Waals surface area contributed by atoms with Crippen LogP contribution in [0.25, 0.3) is 0 Å². The van der Waals surface area contributed by atoms with Gasteiger partial charge in [-0.2, -0.15) is 0 Å². The normalized spacial score (nSPS) is 9.89. The van der Waals surface area contributed by atoms with E-state index in [0.29, 0.717) is 5.82 Å². The van der Waals surface area contributed by atoms with Gasteiger partial charge in [-0.15, -0.1) is 0 Å². The summed E-state index contributed by atoms with van der Waals surface area (Å²) in [4.78, 5) is 17.6. The summed E-state index contributed by atoms with van der Waals surface area (Å²) in [5, 5.41) is 2.79. The number of urea groups is 1. The molecule has 1 aromatic heterocycles. The maximum Gasteiger partial charge on any atom is 0.327 e. The Morgan fingerprint density at radius 3 is 2.56 bits per heavy atom. The summed E-state index contributed by atoms with van der Waals surface area (Å²) in [5.74, 6) is 0.589. The lowest BCUT2D eigenvalue weighted by Crippen LogP contribution is -2.31. The third-order valence-electron chi connectivity index (χ3n) is 2.39. The Bertz CT molecular complexity index is 528. The van der Waals surface area contributed by atoms with Crippen molar-refractivity contribution in [1.82, 2.24) is 4.98 Å². The molecule has 2 rings (SSSR count). The zero-order valence-corrected chi connectivity index (χ0v) is 11.4. The summed E-state index contributed by atoms with van der Waals surface area (Å²) in [5.41, 5.74) is 0.756. The molecule has 1 aromatic carbocycles. The minimum absolute atomic E-state index is 0.226. The number of carbonyl (C=O) groups is 1. The highest BCUT2D eigenvalue weighted by Crippen LogP contribution is 2.15. The number of hydrogen-bond acceptors (Lipinski definition) is 2. The Labute approximate surface area is 114 Å². The number of carbonyl (C=O) groups excluding carboxylic acids is 1. The van der Waals surface area contributed by atoms with Gasteiger partial charge in [0, 0.05) is 23.4 Å². The highest BCUT2D eigenvalue weighted by atomic mass is 79.9. The zero-order chi connectivity index (χ0) is 13.0. The number of anilines is 2. The summed E-state index contributed by atoms with van der Waals surface area (Å²) >= 11 is 3.30. The molecule has 0 aliphatic rings. The molecule has 0 radical (unpaired) electrons. The maximum absolute atomic E-state index is 12.0. The van der Waals surface area contributed by atoms with Gasteiger partial charge in [-0.05, 0) is 40.2 Å². The van der Waals surface area contributed by atoms with Crippen molar-refractivity contribution < 1.29 is 4.79 Å². The number of benzene rings is 1. The van der Waals surface area contributed by atoms with E-state index >= 15 is 0 Å². The average molecular weight is 306 g/mol. The topological polar surface area (TPSA) is 45.2 Å². The second-order valence-corrected chi connectivity index (χ2v) is 4.61. The number of rotatable bonds is 2. The van der Waals surface area contributed by atoms with Gasteiger partial charge in [-0.25, -0.2) is 9.78 Å². The smallest absolute Gasteiger partial charge is 0.308 e. The summed E-state index contributed by atoms with van der Waals surface area (Å²) < 4.78 is 0.878. The van der Waals surface area contributed by atoms with Crippen molar-refractivity contribution in [3.8, 4) is 0 Å². The number of nitrogens with one attached hydrogen (secondary N) is 1. The first-order valence-corrected chi connectivity index (χ1v) is 6.17. The largest absolute Gasteiger partial charge is 0.327 e. The molecule has 0 aliphatic heterocycles. The Balaban J connectivity index is 2.07. The monoisotopic (exact) mass is 305 g/mol. The number of nitrogens with zero attached hydrogens (tertiary/aromatic N) is 2. The second kappa shape index (κ2) is 5.64. The standard InChI is InChI=1S/C13H12BrN3O/c1-17(12-8-7-10(14)9-15-12)13(18)16-11-5-3-2-4-6-11/h2-9H,1H3,(H,16,18). The molecule has 5 heteroatoms. The lowest BCUT2D eigenvalue weighted by molar-refractivity contribution is 0.258. The van der Waals surface area contributed by atoms with Crippen LogP contribution in [0.15, 0.2) is 53.1 Å². The van der Waals surface area contributed by atoms with Crippen LogP contribution in [-0.4, -0.2) is 18.1 Å². The predicted molar refractivity (Wildman–Crippen MR) is 75.8 cm³/mol. The number of amides is 2. The van der Waals surface area contributed by atoms with E-state index in [1.165, 1.54) is 4.90 Å². The lowest BCUT2D eigenvalue weighted by atomic mass is 10.3. The van der Waals surface area contributed by atoms with Gasteiger partial charge in [-0.1, -0.05) is 18.2 Å². The number of pyridine rings is 1. The third-order valence-corrected chi connectivity index (χ3v) is 2.85. The third kappa shape index (κ3) is 3.07. The van der Waals surface area contributed by atoms with Gasteiger partial charge in [0.1, 0.15) is 5.82 Å². The van der Waals surface area contributed by atoms with Crippen molar-refractivity contribution in [2.75, 3.05) is 17.3 Å². The van der Waals surface area contributed by atoms with Crippen LogP contribution in [0.1, 0.15) is 0 Å². The molecular formula is C13H12BrN3O. The first-order chi connectivity index (χ1) is 8.66. The molecule has 2 aromatic rings. The minimum atomic E-state index is -0.226. The van der Waals surface area contributed by atoms with Gasteiger partial charge in [0.2, 0.25) is 0 Å². The van der Waals surface area contributed by atoms with E-state index < -0.39 is 0 Å². The molecule has 1 heterocycles. The molecular weight excluding hydrogens is 294 g/mol. The van der Waals surface area contributed by atoms with Crippen LogP contribution >= 0.6 is 15.9 Å². The van der Waals surface area contributed by atoms with E-state index in [-0.39, 0.29) is 6.03 Å². The first kappa shape index (κ1) is 12.6. The van der Waals surface area contributed by atoms with Crippen LogP contribution in [0.5, 0.6) is 0 Å². The van der Waals surface area contributed by atoms with Crippen LogP contribution in [0.2, 0.25) is 0 Å². The molecule has 0 saturated heterocycles. The lowest BCUT2D eigenvalue weighted by Gasteiger charge is -2.16. The quantitative estimate of drug-likeness (QED) is 0.923. The fourth-order valence-electron chi connectivity index (χ4n) is 1.40. The number of hydrogen-bond donors (Lipinski definition) is 1. The number of para-hydroxylation sites is 1. The molecule has 0 atom stereocenters. The van der Waals surface area contributed by atoms with Crippen LogP contribution in [-0.2, 0) is 0 Å². The summed E-state index contributed by atoms with van der Waals surface area (Å²) in [6, 6.07) is 12.7. The number of halogens is 1. The first-order valence-electron chi connectivity index (χ1n) is 5.38. The van der Waals surface area contributed by atoms with Gasteiger partial charge < -0.3 is 5.32 Å². The van der Waals surface area contributed by atoms with E-state index in [0.717, 1.165) is 10.2 Å². The number of aromatic nitrogens is 1. The minimum Gasteiger partial charge on any atom is -0.308 e. The molecule has 0 aliphatic carbocycles. The van der Waals surface area contributed by atoms with E-state index in [2.05, 4.69) is 26.2 Å². The Morgan fingerprint density at radius 2 is 1.94 bits per heavy atom. The molecule has 1 N–H and O–H groups in total. The molecule has 0 unspecified atom stereocenters. The van der Waals surface area contributed by atoms with Gasteiger partial charge in [-0.3, -0.25) is 4.90 Å². The molecule has 0 bridgehead atoms. The van der Waals surface area contributed by atoms with Crippen LogP contribution in [0.3, 0.4) is 0 Å². The van der Waals surface area contributed by atoms with Crippen molar-refractivity contribution in [2.24, 2.45) is 0 Å². The van der Waals surface area contributed by atoms with Crippen molar-refractivity contribution in [3.05, 3.63) is 53.1 Å². The van der Waals surface area contributed by atoms with E-state index in [1.807, 2.05) is 36.4 Å². The van der Waals surface area contributed by atoms with E-state index in [4.69, 9.17) is 0 Å². The van der Waals surface area contributed by atoms with Gasteiger partial charge in [0.05, 0.1) is 0 Å².